The van der Waals surface area contributed by atoms with Crippen molar-refractivity contribution in [2.75, 3.05) is 0 Å². The van der Waals surface area contributed by atoms with Gasteiger partial charge in [0.15, 0.2) is 0 Å². The largest absolute Gasteiger partial charge is 0.281 e. The monoisotopic (exact) mass is 355 g/mol. The molecular formula is C18H14FN3O2S. The van der Waals surface area contributed by atoms with Gasteiger partial charge in [-0.15, -0.1) is 11.3 Å². The van der Waals surface area contributed by atoms with E-state index in [0.29, 0.717) is 10.6 Å². The number of hydrazine groups is 1. The summed E-state index contributed by atoms with van der Waals surface area (Å²) in [5.41, 5.74) is 6.21. The van der Waals surface area contributed by atoms with Crippen LogP contribution in [0, 0.1) is 12.7 Å². The van der Waals surface area contributed by atoms with Crippen molar-refractivity contribution in [2.24, 2.45) is 0 Å². The van der Waals surface area contributed by atoms with E-state index in [-0.39, 0.29) is 5.56 Å². The highest BCUT2D eigenvalue weighted by atomic mass is 32.1. The molecule has 5 nitrogen and oxygen atoms in total. The predicted octanol–water partition coefficient (Wildman–Crippen LogP) is 3.33. The molecule has 0 atom stereocenters. The number of aryl methyl sites for hydroxylation is 1. The molecule has 0 spiro atoms. The molecule has 7 heteroatoms. The highest BCUT2D eigenvalue weighted by Crippen LogP contribution is 2.27. The van der Waals surface area contributed by atoms with Crippen molar-refractivity contribution in [3.05, 3.63) is 76.5 Å². The van der Waals surface area contributed by atoms with E-state index in [1.807, 2.05) is 30.3 Å². The molecule has 2 amide bonds. The average molecular weight is 355 g/mol. The molecule has 0 saturated carbocycles. The lowest BCUT2D eigenvalue weighted by Crippen LogP contribution is -2.41. The van der Waals surface area contributed by atoms with Crippen LogP contribution in [0.25, 0.3) is 10.6 Å². The molecule has 1 aromatic heterocycles. The summed E-state index contributed by atoms with van der Waals surface area (Å²) in [5, 5.41) is 0.722. The van der Waals surface area contributed by atoms with Crippen molar-refractivity contribution in [3.8, 4) is 10.6 Å². The van der Waals surface area contributed by atoms with Gasteiger partial charge in [-0.3, -0.25) is 20.4 Å². The van der Waals surface area contributed by atoms with Crippen LogP contribution in [-0.2, 0) is 0 Å². The van der Waals surface area contributed by atoms with Crippen LogP contribution < -0.4 is 10.9 Å². The molecule has 0 bridgehead atoms. The molecular weight excluding hydrogens is 341 g/mol. The first-order valence-electron chi connectivity index (χ1n) is 7.43. The molecule has 0 saturated heterocycles. The van der Waals surface area contributed by atoms with Gasteiger partial charge in [0, 0.05) is 11.1 Å². The van der Waals surface area contributed by atoms with Gasteiger partial charge in [0.2, 0.25) is 0 Å². The Morgan fingerprint density at radius 1 is 1.00 bits per heavy atom. The zero-order chi connectivity index (χ0) is 17.8. The lowest BCUT2D eigenvalue weighted by molar-refractivity contribution is 0.0848. The number of nitrogens with one attached hydrogen (secondary N) is 2. The molecule has 1 heterocycles. The Balaban J connectivity index is 1.70. The standard InChI is InChI=1S/C18H14FN3O2S/c1-11-15(25-18(20-11)12-6-3-2-4-7-12)17(24)22-21-16(23)13-8-5-9-14(19)10-13/h2-10H,1H3,(H,21,23)(H,22,24). The molecule has 2 aromatic carbocycles. The van der Waals surface area contributed by atoms with E-state index in [1.54, 1.807) is 6.92 Å². The van der Waals surface area contributed by atoms with Crippen LogP contribution in [0.4, 0.5) is 4.39 Å². The summed E-state index contributed by atoms with van der Waals surface area (Å²) in [6, 6.07) is 14.7. The van der Waals surface area contributed by atoms with Crippen molar-refractivity contribution in [2.45, 2.75) is 6.92 Å². The number of carbonyl (C=O) groups is 2. The van der Waals surface area contributed by atoms with E-state index in [2.05, 4.69) is 15.8 Å². The second-order valence-electron chi connectivity index (χ2n) is 5.22. The fourth-order valence-corrected chi connectivity index (χ4v) is 3.15. The van der Waals surface area contributed by atoms with Crippen molar-refractivity contribution in [1.82, 2.24) is 15.8 Å². The Kier molecular flexibility index (Phi) is 4.85. The molecule has 126 valence electrons. The zero-order valence-electron chi connectivity index (χ0n) is 13.2. The Hall–Kier alpha value is -3.06. The molecule has 2 N–H and O–H groups in total. The Morgan fingerprint density at radius 2 is 1.72 bits per heavy atom. The van der Waals surface area contributed by atoms with Crippen molar-refractivity contribution < 1.29 is 14.0 Å². The maximum atomic E-state index is 13.1. The van der Waals surface area contributed by atoms with Crippen molar-refractivity contribution in [3.63, 3.8) is 0 Å². The van der Waals surface area contributed by atoms with Gasteiger partial charge in [-0.2, -0.15) is 0 Å². The predicted molar refractivity (Wildman–Crippen MR) is 93.6 cm³/mol. The summed E-state index contributed by atoms with van der Waals surface area (Å²) in [6.45, 7) is 1.73. The first-order valence-corrected chi connectivity index (χ1v) is 8.25. The highest BCUT2D eigenvalue weighted by molar-refractivity contribution is 7.17. The Bertz CT molecular complexity index is 925. The minimum atomic E-state index is -0.599. The van der Waals surface area contributed by atoms with E-state index in [1.165, 1.54) is 29.5 Å². The molecule has 0 fully saturated rings. The number of aromatic nitrogens is 1. The summed E-state index contributed by atoms with van der Waals surface area (Å²) in [6.07, 6.45) is 0. The number of carbonyl (C=O) groups excluding carboxylic acids is 2. The molecule has 3 rings (SSSR count). The molecule has 0 aliphatic rings. The first-order chi connectivity index (χ1) is 12.0. The smallest absolute Gasteiger partial charge is 0.267 e. The van der Waals surface area contributed by atoms with Crippen molar-refractivity contribution >= 4 is 23.2 Å². The van der Waals surface area contributed by atoms with E-state index in [0.717, 1.165) is 16.6 Å². The third-order valence-electron chi connectivity index (χ3n) is 3.40. The maximum Gasteiger partial charge on any atom is 0.281 e. The fourth-order valence-electron chi connectivity index (χ4n) is 2.18. The third kappa shape index (κ3) is 3.89. The molecule has 0 radical (unpaired) electrons. The SMILES string of the molecule is Cc1nc(-c2ccccc2)sc1C(=O)NNC(=O)c1cccc(F)c1. The van der Waals surface area contributed by atoms with E-state index >= 15 is 0 Å². The topological polar surface area (TPSA) is 71.1 Å². The van der Waals surface area contributed by atoms with Crippen molar-refractivity contribution in [1.29, 1.82) is 0 Å². The number of rotatable bonds is 3. The normalized spacial score (nSPS) is 10.3. The van der Waals surface area contributed by atoms with Gasteiger partial charge >= 0.3 is 0 Å². The van der Waals surface area contributed by atoms with Gasteiger partial charge in [-0.25, -0.2) is 9.37 Å². The molecule has 25 heavy (non-hydrogen) atoms. The maximum absolute atomic E-state index is 13.1. The van der Waals surface area contributed by atoms with Gasteiger partial charge in [0.05, 0.1) is 5.69 Å². The van der Waals surface area contributed by atoms with Gasteiger partial charge in [0.1, 0.15) is 15.7 Å². The number of hydrogen-bond acceptors (Lipinski definition) is 4. The average Bonchev–Trinajstić information content (AvgIpc) is 3.02. The molecule has 0 unspecified atom stereocenters. The number of halogens is 1. The Morgan fingerprint density at radius 3 is 2.44 bits per heavy atom. The lowest BCUT2D eigenvalue weighted by atomic mass is 10.2. The quantitative estimate of drug-likeness (QED) is 0.708. The van der Waals surface area contributed by atoms with Crippen LogP contribution >= 0.6 is 11.3 Å². The first kappa shape index (κ1) is 16.8. The summed E-state index contributed by atoms with van der Waals surface area (Å²) in [4.78, 5) is 29.0. The van der Waals surface area contributed by atoms with Crippen LogP contribution in [-0.4, -0.2) is 16.8 Å². The Labute approximate surface area is 147 Å². The second-order valence-corrected chi connectivity index (χ2v) is 6.22. The zero-order valence-corrected chi connectivity index (χ0v) is 14.1. The minimum Gasteiger partial charge on any atom is -0.267 e. The lowest BCUT2D eigenvalue weighted by Gasteiger charge is -2.06. The molecule has 0 aliphatic heterocycles. The summed E-state index contributed by atoms with van der Waals surface area (Å²) < 4.78 is 13.1. The number of amides is 2. The van der Waals surface area contributed by atoms with Crippen LogP contribution in [0.2, 0.25) is 0 Å². The van der Waals surface area contributed by atoms with E-state index in [4.69, 9.17) is 0 Å². The van der Waals surface area contributed by atoms with Crippen LogP contribution in [0.5, 0.6) is 0 Å². The summed E-state index contributed by atoms with van der Waals surface area (Å²) in [7, 11) is 0. The highest BCUT2D eigenvalue weighted by Gasteiger charge is 2.17. The van der Waals surface area contributed by atoms with E-state index < -0.39 is 17.6 Å². The van der Waals surface area contributed by atoms with Gasteiger partial charge in [-0.05, 0) is 25.1 Å². The number of nitrogens with zero attached hydrogens (tertiary/aromatic N) is 1. The minimum absolute atomic E-state index is 0.117. The van der Waals surface area contributed by atoms with Gasteiger partial charge in [0.25, 0.3) is 11.8 Å². The van der Waals surface area contributed by atoms with Gasteiger partial charge in [-0.1, -0.05) is 36.4 Å². The number of thiazole rings is 1. The molecule has 3 aromatic rings. The molecule has 0 aliphatic carbocycles. The summed E-state index contributed by atoms with van der Waals surface area (Å²) >= 11 is 1.24. The van der Waals surface area contributed by atoms with Gasteiger partial charge < -0.3 is 0 Å². The second kappa shape index (κ2) is 7.23. The fraction of sp³-hybridized carbons (Fsp3) is 0.0556. The number of benzene rings is 2. The number of hydrogen-bond donors (Lipinski definition) is 2. The third-order valence-corrected chi connectivity index (χ3v) is 4.61. The summed E-state index contributed by atoms with van der Waals surface area (Å²) in [5.74, 6) is -1.59. The van der Waals surface area contributed by atoms with Crippen LogP contribution in [0.3, 0.4) is 0 Å². The van der Waals surface area contributed by atoms with E-state index in [9.17, 15) is 14.0 Å². The van der Waals surface area contributed by atoms with Crippen LogP contribution in [0.1, 0.15) is 25.7 Å². The van der Waals surface area contributed by atoms with Crippen LogP contribution in [0.15, 0.2) is 54.6 Å².